The van der Waals surface area contributed by atoms with Gasteiger partial charge < -0.3 is 10.6 Å². The molecule has 7 heteroatoms. The van der Waals surface area contributed by atoms with Crippen molar-refractivity contribution in [3.8, 4) is 0 Å². The average molecular weight is 336 g/mol. The number of urea groups is 1. The summed E-state index contributed by atoms with van der Waals surface area (Å²) in [5, 5.41) is 5.43. The summed E-state index contributed by atoms with van der Waals surface area (Å²) < 4.78 is 0. The second-order valence-corrected chi connectivity index (χ2v) is 6.17. The minimum absolute atomic E-state index is 0.330. The number of carbonyl (C=O) groups excluding carboxylic acids is 3. The average Bonchev–Trinajstić information content (AvgIpc) is 3.10. The zero-order valence-corrected chi connectivity index (χ0v) is 13.4. The predicted octanol–water partition coefficient (Wildman–Crippen LogP) is 1.41. The van der Waals surface area contributed by atoms with Crippen LogP contribution in [0.25, 0.3) is 0 Å². The molecule has 2 aliphatic rings. The van der Waals surface area contributed by atoms with Crippen LogP contribution in [0.3, 0.4) is 0 Å². The molecule has 0 saturated carbocycles. The minimum atomic E-state index is -1.04. The largest absolute Gasteiger partial charge is 0.325 e. The third kappa shape index (κ3) is 2.44. The molecule has 25 heavy (non-hydrogen) atoms. The summed E-state index contributed by atoms with van der Waals surface area (Å²) in [5.74, 6) is -0.816. The fourth-order valence-corrected chi connectivity index (χ4v) is 3.51. The van der Waals surface area contributed by atoms with E-state index < -0.39 is 17.5 Å². The van der Waals surface area contributed by atoms with Crippen LogP contribution in [0.2, 0.25) is 0 Å². The van der Waals surface area contributed by atoms with E-state index in [4.69, 9.17) is 0 Å². The van der Waals surface area contributed by atoms with Crippen LogP contribution in [0.4, 0.5) is 10.5 Å². The summed E-state index contributed by atoms with van der Waals surface area (Å²) in [6.07, 6.45) is 4.32. The normalized spacial score (nSPS) is 21.4. The Morgan fingerprint density at radius 2 is 2.08 bits per heavy atom. The summed E-state index contributed by atoms with van der Waals surface area (Å²) in [6.45, 7) is -0.330. The Morgan fingerprint density at radius 3 is 2.88 bits per heavy atom. The molecule has 4 amide bonds. The first-order valence-electron chi connectivity index (χ1n) is 8.02. The van der Waals surface area contributed by atoms with Crippen LogP contribution in [-0.2, 0) is 21.5 Å². The maximum atomic E-state index is 12.9. The second kappa shape index (κ2) is 5.70. The molecular formula is C18H16N4O3. The van der Waals surface area contributed by atoms with Gasteiger partial charge in [0.1, 0.15) is 12.1 Å². The first-order chi connectivity index (χ1) is 12.1. The van der Waals surface area contributed by atoms with E-state index in [0.29, 0.717) is 12.1 Å². The van der Waals surface area contributed by atoms with Gasteiger partial charge in [-0.2, -0.15) is 0 Å². The summed E-state index contributed by atoms with van der Waals surface area (Å²) >= 11 is 0. The molecule has 1 saturated heterocycles. The number of amides is 4. The SMILES string of the molecule is O=C(CN1C(=O)NC2(CCc3ccccc32)C1=O)Nc1cccnc1. The lowest BCUT2D eigenvalue weighted by atomic mass is 9.92. The minimum Gasteiger partial charge on any atom is -0.323 e. The molecular weight excluding hydrogens is 320 g/mol. The lowest BCUT2D eigenvalue weighted by Gasteiger charge is -2.22. The first-order valence-corrected chi connectivity index (χ1v) is 8.02. The third-order valence-corrected chi connectivity index (χ3v) is 4.67. The topological polar surface area (TPSA) is 91.4 Å². The predicted molar refractivity (Wildman–Crippen MR) is 89.6 cm³/mol. The van der Waals surface area contributed by atoms with Crippen molar-refractivity contribution in [2.75, 3.05) is 11.9 Å². The molecule has 1 aromatic carbocycles. The van der Waals surface area contributed by atoms with E-state index in [1.165, 1.54) is 6.20 Å². The van der Waals surface area contributed by atoms with Crippen LogP contribution in [0.5, 0.6) is 0 Å². The summed E-state index contributed by atoms with van der Waals surface area (Å²) in [5.41, 5.74) is 1.35. The molecule has 2 N–H and O–H groups in total. The maximum absolute atomic E-state index is 12.9. The van der Waals surface area contributed by atoms with Gasteiger partial charge in [-0.3, -0.25) is 19.5 Å². The van der Waals surface area contributed by atoms with Crippen molar-refractivity contribution in [3.05, 3.63) is 59.9 Å². The van der Waals surface area contributed by atoms with Gasteiger partial charge in [-0.25, -0.2) is 4.79 Å². The number of carbonyl (C=O) groups is 3. The Kier molecular flexibility index (Phi) is 3.49. The number of nitrogens with one attached hydrogen (secondary N) is 2. The highest BCUT2D eigenvalue weighted by atomic mass is 16.2. The van der Waals surface area contributed by atoms with Crippen LogP contribution in [0.15, 0.2) is 48.8 Å². The highest BCUT2D eigenvalue weighted by Gasteiger charge is 2.55. The van der Waals surface area contributed by atoms with Crippen molar-refractivity contribution >= 4 is 23.5 Å². The molecule has 7 nitrogen and oxygen atoms in total. The number of imide groups is 1. The van der Waals surface area contributed by atoms with Gasteiger partial charge in [-0.05, 0) is 36.1 Å². The highest BCUT2D eigenvalue weighted by Crippen LogP contribution is 2.41. The molecule has 2 aromatic rings. The van der Waals surface area contributed by atoms with Crippen LogP contribution in [0, 0.1) is 0 Å². The van der Waals surface area contributed by atoms with Gasteiger partial charge in [-0.15, -0.1) is 0 Å². The Balaban J connectivity index is 1.54. The van der Waals surface area contributed by atoms with E-state index in [2.05, 4.69) is 15.6 Å². The first kappa shape index (κ1) is 15.3. The molecule has 0 bridgehead atoms. The highest BCUT2D eigenvalue weighted by molar-refractivity contribution is 6.10. The monoisotopic (exact) mass is 336 g/mol. The van der Waals surface area contributed by atoms with Crippen molar-refractivity contribution < 1.29 is 14.4 Å². The van der Waals surface area contributed by atoms with Crippen LogP contribution in [0.1, 0.15) is 17.5 Å². The van der Waals surface area contributed by atoms with Crippen LogP contribution in [-0.4, -0.2) is 34.3 Å². The number of aryl methyl sites for hydroxylation is 1. The Bertz CT molecular complexity index is 868. The number of hydrogen-bond donors (Lipinski definition) is 2. The molecule has 1 atom stereocenters. The smallest absolute Gasteiger partial charge is 0.323 e. The van der Waals surface area contributed by atoms with Crippen molar-refractivity contribution in [1.82, 2.24) is 15.2 Å². The standard InChI is InChI=1S/C18H16N4O3/c23-15(20-13-5-3-9-19-10-13)11-22-16(24)18(21-17(22)25)8-7-12-4-1-2-6-14(12)18/h1-6,9-10H,7-8,11H2,(H,20,23)(H,21,25). The molecule has 1 aromatic heterocycles. The van der Waals surface area contributed by atoms with E-state index in [9.17, 15) is 14.4 Å². The lowest BCUT2D eigenvalue weighted by Crippen LogP contribution is -2.43. The third-order valence-electron chi connectivity index (χ3n) is 4.67. The fourth-order valence-electron chi connectivity index (χ4n) is 3.51. The molecule has 1 fully saturated rings. The molecule has 1 aliphatic carbocycles. The van der Waals surface area contributed by atoms with Gasteiger partial charge in [0.15, 0.2) is 0 Å². The van der Waals surface area contributed by atoms with Gasteiger partial charge in [0, 0.05) is 6.20 Å². The molecule has 1 aliphatic heterocycles. The second-order valence-electron chi connectivity index (χ2n) is 6.17. The maximum Gasteiger partial charge on any atom is 0.325 e. The zero-order chi connectivity index (χ0) is 17.4. The van der Waals surface area contributed by atoms with Gasteiger partial charge in [-0.1, -0.05) is 24.3 Å². The van der Waals surface area contributed by atoms with E-state index in [1.54, 1.807) is 18.3 Å². The number of benzene rings is 1. The molecule has 2 heterocycles. The quantitative estimate of drug-likeness (QED) is 0.829. The molecule has 1 spiro atoms. The van der Waals surface area contributed by atoms with Crippen molar-refractivity contribution in [2.45, 2.75) is 18.4 Å². The molecule has 1 unspecified atom stereocenters. The van der Waals surface area contributed by atoms with E-state index >= 15 is 0 Å². The van der Waals surface area contributed by atoms with E-state index in [0.717, 1.165) is 22.4 Å². The summed E-state index contributed by atoms with van der Waals surface area (Å²) in [7, 11) is 0. The molecule has 0 radical (unpaired) electrons. The van der Waals surface area contributed by atoms with Gasteiger partial charge >= 0.3 is 6.03 Å². The van der Waals surface area contributed by atoms with Crippen molar-refractivity contribution in [1.29, 1.82) is 0 Å². The van der Waals surface area contributed by atoms with Gasteiger partial charge in [0.2, 0.25) is 5.91 Å². The number of rotatable bonds is 3. The van der Waals surface area contributed by atoms with Gasteiger partial charge in [0.05, 0.1) is 11.9 Å². The number of aromatic nitrogens is 1. The molecule has 126 valence electrons. The van der Waals surface area contributed by atoms with Gasteiger partial charge in [0.25, 0.3) is 5.91 Å². The van der Waals surface area contributed by atoms with E-state index in [1.807, 2.05) is 24.3 Å². The zero-order valence-electron chi connectivity index (χ0n) is 13.4. The van der Waals surface area contributed by atoms with Crippen molar-refractivity contribution in [2.24, 2.45) is 0 Å². The number of nitrogens with zero attached hydrogens (tertiary/aromatic N) is 2. The fraction of sp³-hybridized carbons (Fsp3) is 0.222. The Hall–Kier alpha value is -3.22. The lowest BCUT2D eigenvalue weighted by molar-refractivity contribution is -0.134. The van der Waals surface area contributed by atoms with E-state index in [-0.39, 0.29) is 12.5 Å². The summed E-state index contributed by atoms with van der Waals surface area (Å²) in [4.78, 5) is 42.4. The Morgan fingerprint density at radius 1 is 1.24 bits per heavy atom. The number of anilines is 1. The number of hydrogen-bond acceptors (Lipinski definition) is 4. The van der Waals surface area contributed by atoms with Crippen molar-refractivity contribution in [3.63, 3.8) is 0 Å². The number of fused-ring (bicyclic) bond motifs is 2. The van der Waals surface area contributed by atoms with Crippen LogP contribution >= 0.6 is 0 Å². The Labute approximate surface area is 144 Å². The molecule has 4 rings (SSSR count). The number of pyridine rings is 1. The van der Waals surface area contributed by atoms with Crippen LogP contribution < -0.4 is 10.6 Å². The summed E-state index contributed by atoms with van der Waals surface area (Å²) in [6, 6.07) is 10.4.